The molecule has 3 aliphatic rings. The van der Waals surface area contributed by atoms with Crippen molar-refractivity contribution < 1.29 is 24.2 Å². The maximum atomic E-state index is 10.5. The van der Waals surface area contributed by atoms with Crippen LogP contribution in [0.1, 0.15) is 72.6 Å². The second-order valence-corrected chi connectivity index (χ2v) is 8.23. The first kappa shape index (κ1) is 25.4. The van der Waals surface area contributed by atoms with Crippen LogP contribution in [0.5, 0.6) is 0 Å². The molecule has 3 rings (SSSR count). The van der Waals surface area contributed by atoms with Crippen molar-refractivity contribution in [2.45, 2.75) is 78.7 Å². The number of cyclic esters (lactones) is 1. The second kappa shape index (κ2) is 13.6. The molecule has 166 valence electrons. The van der Waals surface area contributed by atoms with E-state index in [-0.39, 0.29) is 24.3 Å². The van der Waals surface area contributed by atoms with Crippen molar-refractivity contribution in [1.29, 1.82) is 0 Å². The molecular weight excluding hydrogens is 368 g/mol. The summed E-state index contributed by atoms with van der Waals surface area (Å²) in [5, 5.41) is 8.78. The van der Waals surface area contributed by atoms with Crippen molar-refractivity contribution in [2.75, 3.05) is 13.7 Å². The summed E-state index contributed by atoms with van der Waals surface area (Å²) >= 11 is 0. The molecular formula is C24H40O5. The third-order valence-electron chi connectivity index (χ3n) is 6.12. The van der Waals surface area contributed by atoms with Crippen molar-refractivity contribution in [3.05, 3.63) is 23.8 Å². The van der Waals surface area contributed by atoms with E-state index in [1.165, 1.54) is 32.8 Å². The fraction of sp³-hybridized carbons (Fsp3) is 0.750. The number of hydrogen-bond acceptors (Lipinski definition) is 5. The van der Waals surface area contributed by atoms with Crippen molar-refractivity contribution in [2.24, 2.45) is 23.7 Å². The van der Waals surface area contributed by atoms with Crippen LogP contribution in [0.25, 0.3) is 0 Å². The Morgan fingerprint density at radius 1 is 1.34 bits per heavy atom. The number of ether oxygens (including phenoxy) is 2. The lowest BCUT2D eigenvalue weighted by atomic mass is 9.69. The molecule has 0 spiro atoms. The summed E-state index contributed by atoms with van der Waals surface area (Å²) < 4.78 is 9.01. The summed E-state index contributed by atoms with van der Waals surface area (Å²) in [5.74, 6) is 2.25. The molecule has 1 heterocycles. The molecule has 1 fully saturated rings. The molecule has 5 nitrogen and oxygen atoms in total. The Morgan fingerprint density at radius 3 is 2.55 bits per heavy atom. The number of carbonyl (C=O) groups excluding carboxylic acids is 2. The topological polar surface area (TPSA) is 72.8 Å². The van der Waals surface area contributed by atoms with Crippen LogP contribution in [0.4, 0.5) is 0 Å². The highest BCUT2D eigenvalue weighted by atomic mass is 16.5. The third-order valence-corrected chi connectivity index (χ3v) is 6.12. The summed E-state index contributed by atoms with van der Waals surface area (Å²) in [6.45, 7) is 8.90. The number of hydrogen-bond donors (Lipinski definition) is 1. The van der Waals surface area contributed by atoms with Crippen LogP contribution < -0.4 is 0 Å². The highest BCUT2D eigenvalue weighted by Gasteiger charge is 2.30. The Kier molecular flexibility index (Phi) is 11.9. The van der Waals surface area contributed by atoms with E-state index in [0.717, 1.165) is 24.2 Å². The maximum absolute atomic E-state index is 10.5. The zero-order valence-electron chi connectivity index (χ0n) is 18.9. The summed E-state index contributed by atoms with van der Waals surface area (Å²) in [5.41, 5.74) is 1.64. The lowest BCUT2D eigenvalue weighted by molar-refractivity contribution is -0.151. The Morgan fingerprint density at radius 2 is 2.07 bits per heavy atom. The largest absolute Gasteiger partial charge is 0.469 e. The van der Waals surface area contributed by atoms with Crippen LogP contribution in [0.15, 0.2) is 23.8 Å². The molecule has 0 amide bonds. The van der Waals surface area contributed by atoms with Gasteiger partial charge in [0.2, 0.25) is 0 Å². The monoisotopic (exact) mass is 408 g/mol. The molecule has 0 aromatic carbocycles. The molecule has 0 bridgehead atoms. The Hall–Kier alpha value is -1.62. The van der Waals surface area contributed by atoms with Crippen molar-refractivity contribution in [1.82, 2.24) is 0 Å². The van der Waals surface area contributed by atoms with E-state index in [2.05, 4.69) is 41.5 Å². The van der Waals surface area contributed by atoms with E-state index in [1.54, 1.807) is 5.57 Å². The molecule has 0 radical (unpaired) electrons. The standard InChI is InChI=1S/C13H20.C6H12O2.C5H8O3/c1-3-12-10(2)8-9-11-6-4-5-7-13(11)12;1-4-5(2)6(7)8-3;6-4-1-2-8-5(7)3-4/h6,8-10,12-13H,3-5,7H2,1-2H3;5H,4H2,1-3H3;4,6H,1-3H2/t10-,12-,13-;;/m0../s1. The zero-order chi connectivity index (χ0) is 21.8. The highest BCUT2D eigenvalue weighted by molar-refractivity contribution is 5.71. The molecule has 5 atom stereocenters. The lowest BCUT2D eigenvalue weighted by Crippen LogP contribution is -2.26. The highest BCUT2D eigenvalue weighted by Crippen LogP contribution is 2.41. The van der Waals surface area contributed by atoms with Gasteiger partial charge in [-0.25, -0.2) is 0 Å². The minimum absolute atomic E-state index is 0.0556. The van der Waals surface area contributed by atoms with E-state index >= 15 is 0 Å². The first-order valence-corrected chi connectivity index (χ1v) is 11.1. The molecule has 0 aromatic heterocycles. The molecule has 5 heteroatoms. The van der Waals surface area contributed by atoms with Gasteiger partial charge in [0.25, 0.3) is 0 Å². The fourth-order valence-electron chi connectivity index (χ4n) is 4.04. The van der Waals surface area contributed by atoms with Crippen molar-refractivity contribution in [3.63, 3.8) is 0 Å². The molecule has 2 aliphatic carbocycles. The van der Waals surface area contributed by atoms with Crippen LogP contribution in [0.2, 0.25) is 0 Å². The summed E-state index contributed by atoms with van der Waals surface area (Å²) in [6.07, 6.45) is 13.9. The molecule has 0 saturated carbocycles. The maximum Gasteiger partial charge on any atom is 0.308 e. The number of rotatable bonds is 3. The minimum Gasteiger partial charge on any atom is -0.469 e. The smallest absolute Gasteiger partial charge is 0.308 e. The first-order valence-electron chi connectivity index (χ1n) is 11.1. The summed E-state index contributed by atoms with van der Waals surface area (Å²) in [4.78, 5) is 20.8. The number of aliphatic hydroxyl groups excluding tert-OH is 1. The molecule has 1 saturated heterocycles. The first-order chi connectivity index (χ1) is 13.8. The summed E-state index contributed by atoms with van der Waals surface area (Å²) in [6, 6.07) is 0. The SMILES string of the molecule is CCC(C)C(=O)OC.CC[C@H]1[C@@H](C)C=CC2=CCCC[C@@H]21.O=C1CC(O)CCO1. The van der Waals surface area contributed by atoms with Crippen molar-refractivity contribution in [3.8, 4) is 0 Å². The number of aliphatic hydroxyl groups is 1. The third kappa shape index (κ3) is 8.73. The van der Waals surface area contributed by atoms with Gasteiger partial charge >= 0.3 is 11.9 Å². The molecule has 0 aromatic rings. The average molecular weight is 409 g/mol. The number of methoxy groups -OCH3 is 1. The summed E-state index contributed by atoms with van der Waals surface area (Å²) in [7, 11) is 1.41. The van der Waals surface area contributed by atoms with E-state index in [9.17, 15) is 9.59 Å². The lowest BCUT2D eigenvalue weighted by Gasteiger charge is -2.36. The van der Waals surface area contributed by atoms with Gasteiger partial charge < -0.3 is 14.6 Å². The molecule has 29 heavy (non-hydrogen) atoms. The van der Waals surface area contributed by atoms with Gasteiger partial charge in [-0.05, 0) is 49.0 Å². The molecule has 2 unspecified atom stereocenters. The Balaban J connectivity index is 0.000000230. The number of allylic oxidation sites excluding steroid dienone is 4. The van der Waals surface area contributed by atoms with E-state index in [1.807, 2.05) is 13.8 Å². The van der Waals surface area contributed by atoms with Gasteiger partial charge in [0.1, 0.15) is 0 Å². The van der Waals surface area contributed by atoms with Gasteiger partial charge in [-0.3, -0.25) is 9.59 Å². The molecule has 1 N–H and O–H groups in total. The zero-order valence-corrected chi connectivity index (χ0v) is 18.9. The number of esters is 2. The second-order valence-electron chi connectivity index (χ2n) is 8.23. The van der Waals surface area contributed by atoms with Gasteiger partial charge in [0.05, 0.1) is 32.2 Å². The predicted octanol–water partition coefficient (Wildman–Crippen LogP) is 4.83. The molecule has 1 aliphatic heterocycles. The van der Waals surface area contributed by atoms with Gasteiger partial charge in [0, 0.05) is 6.42 Å². The van der Waals surface area contributed by atoms with Gasteiger partial charge in [-0.2, -0.15) is 0 Å². The van der Waals surface area contributed by atoms with Gasteiger partial charge in [0.15, 0.2) is 0 Å². The number of carbonyl (C=O) groups is 2. The predicted molar refractivity (Wildman–Crippen MR) is 115 cm³/mol. The van der Waals surface area contributed by atoms with Crippen molar-refractivity contribution >= 4 is 11.9 Å². The van der Waals surface area contributed by atoms with Crippen LogP contribution in [-0.2, 0) is 19.1 Å². The Bertz CT molecular complexity index is 566. The van der Waals surface area contributed by atoms with Gasteiger partial charge in [-0.1, -0.05) is 52.3 Å². The van der Waals surface area contributed by atoms with E-state index < -0.39 is 6.10 Å². The van der Waals surface area contributed by atoms with Crippen LogP contribution >= 0.6 is 0 Å². The van der Waals surface area contributed by atoms with Crippen LogP contribution in [0, 0.1) is 23.7 Å². The fourth-order valence-corrected chi connectivity index (χ4v) is 4.04. The minimum atomic E-state index is -0.462. The van der Waals surface area contributed by atoms with Crippen LogP contribution in [-0.4, -0.2) is 36.9 Å². The quantitative estimate of drug-likeness (QED) is 0.677. The number of fused-ring (bicyclic) bond motifs is 1. The average Bonchev–Trinajstić information content (AvgIpc) is 2.73. The normalized spacial score (nSPS) is 28.9. The van der Waals surface area contributed by atoms with E-state index in [0.29, 0.717) is 13.0 Å². The van der Waals surface area contributed by atoms with E-state index in [4.69, 9.17) is 5.11 Å². The van der Waals surface area contributed by atoms with Crippen LogP contribution in [0.3, 0.4) is 0 Å². The van der Waals surface area contributed by atoms with Gasteiger partial charge in [-0.15, -0.1) is 0 Å². The Labute approximate surface area is 176 Å².